The van der Waals surface area contributed by atoms with Crippen molar-refractivity contribution in [3.8, 4) is 16.9 Å². The van der Waals surface area contributed by atoms with Crippen LogP contribution < -0.4 is 9.64 Å². The molecule has 47 heavy (non-hydrogen) atoms. The number of aromatic nitrogens is 1. The largest absolute Gasteiger partial charge is 0.496 e. The number of anilines is 1. The summed E-state index contributed by atoms with van der Waals surface area (Å²) in [6.07, 6.45) is -12.8. The summed E-state index contributed by atoms with van der Waals surface area (Å²) in [5, 5.41) is 9.12. The van der Waals surface area contributed by atoms with Gasteiger partial charge in [-0.1, -0.05) is 6.07 Å². The minimum Gasteiger partial charge on any atom is -0.496 e. The van der Waals surface area contributed by atoms with Gasteiger partial charge in [0.2, 0.25) is 0 Å². The van der Waals surface area contributed by atoms with E-state index in [-0.39, 0.29) is 37.0 Å². The molecule has 1 aromatic heterocycles. The van der Waals surface area contributed by atoms with Crippen LogP contribution in [-0.2, 0) is 34.8 Å². The highest BCUT2D eigenvalue weighted by atomic mass is 19.4. The molecule has 0 bridgehead atoms. The monoisotopic (exact) mass is 673 g/mol. The lowest BCUT2D eigenvalue weighted by Gasteiger charge is -2.39. The quantitative estimate of drug-likeness (QED) is 0.238. The fraction of sp³-hybridized carbons (Fsp3) is 0.387. The van der Waals surface area contributed by atoms with Crippen molar-refractivity contribution < 1.29 is 59.3 Å². The minimum absolute atomic E-state index is 0.0261. The van der Waals surface area contributed by atoms with Crippen LogP contribution in [0.25, 0.3) is 11.1 Å². The van der Waals surface area contributed by atoms with Crippen LogP contribution in [0.2, 0.25) is 0 Å². The number of aliphatic carboxylic acids is 1. The molecule has 2 aliphatic heterocycles. The Hall–Kier alpha value is -4.63. The fourth-order valence-corrected chi connectivity index (χ4v) is 5.54. The summed E-state index contributed by atoms with van der Waals surface area (Å²) in [5.41, 5.74) is -2.13. The highest BCUT2D eigenvalue weighted by Gasteiger charge is 2.46. The van der Waals surface area contributed by atoms with E-state index in [1.165, 1.54) is 25.0 Å². The molecule has 2 fully saturated rings. The summed E-state index contributed by atoms with van der Waals surface area (Å²) in [6.45, 7) is -0.227. The van der Waals surface area contributed by atoms with Crippen molar-refractivity contribution in [2.24, 2.45) is 0 Å². The first kappa shape index (κ1) is 33.7. The van der Waals surface area contributed by atoms with Gasteiger partial charge in [0, 0.05) is 17.5 Å². The maximum atomic E-state index is 13.7. The summed E-state index contributed by atoms with van der Waals surface area (Å²) < 4.78 is 119. The van der Waals surface area contributed by atoms with Crippen LogP contribution in [0.5, 0.6) is 5.75 Å². The summed E-state index contributed by atoms with van der Waals surface area (Å²) in [6, 6.07) is 7.80. The van der Waals surface area contributed by atoms with E-state index in [1.54, 1.807) is 24.3 Å². The first-order chi connectivity index (χ1) is 21.9. The van der Waals surface area contributed by atoms with Gasteiger partial charge in [-0.05, 0) is 66.9 Å². The Kier molecular flexibility index (Phi) is 8.75. The molecule has 5 rings (SSSR count). The van der Waals surface area contributed by atoms with Gasteiger partial charge in [0.05, 0.1) is 49.6 Å². The number of aryl methyl sites for hydroxylation is 1. The second kappa shape index (κ2) is 12.2. The van der Waals surface area contributed by atoms with Crippen LogP contribution in [0.15, 0.2) is 48.5 Å². The number of alkyl halides is 8. The molecule has 8 nitrogen and oxygen atoms in total. The van der Waals surface area contributed by atoms with E-state index in [4.69, 9.17) is 14.6 Å². The van der Waals surface area contributed by atoms with Gasteiger partial charge in [0.25, 0.3) is 5.92 Å². The molecule has 0 saturated carbocycles. The molecule has 2 aromatic carbocycles. The first-order valence-corrected chi connectivity index (χ1v) is 14.1. The minimum atomic E-state index is -5.12. The number of hydrogen-bond acceptors (Lipinski definition) is 6. The summed E-state index contributed by atoms with van der Waals surface area (Å²) in [5.74, 6) is -3.50. The Morgan fingerprint density at radius 3 is 2.19 bits per heavy atom. The Labute approximate surface area is 262 Å². The summed E-state index contributed by atoms with van der Waals surface area (Å²) >= 11 is 0. The summed E-state index contributed by atoms with van der Waals surface area (Å²) in [7, 11) is 1.38. The van der Waals surface area contributed by atoms with E-state index in [0.717, 1.165) is 4.90 Å². The van der Waals surface area contributed by atoms with Crippen LogP contribution >= 0.6 is 0 Å². The maximum absolute atomic E-state index is 13.7. The number of pyridine rings is 1. The molecule has 0 aliphatic carbocycles. The third-order valence-corrected chi connectivity index (χ3v) is 7.96. The van der Waals surface area contributed by atoms with Gasteiger partial charge in [0.15, 0.2) is 0 Å². The molecule has 0 radical (unpaired) electrons. The zero-order chi connectivity index (χ0) is 34.5. The number of methoxy groups -OCH3 is 1. The smallest absolute Gasteiger partial charge is 0.416 e. The van der Waals surface area contributed by atoms with Crippen LogP contribution in [0.3, 0.4) is 0 Å². The Morgan fingerprint density at radius 1 is 1.00 bits per heavy atom. The fourth-order valence-electron chi connectivity index (χ4n) is 5.54. The Bertz CT molecular complexity index is 1650. The number of carbonyl (C=O) groups is 2. The van der Waals surface area contributed by atoms with E-state index in [9.17, 15) is 44.7 Å². The number of carbonyl (C=O) groups excluding carboxylic acids is 1. The lowest BCUT2D eigenvalue weighted by atomic mass is 9.96. The molecule has 2 saturated heterocycles. The van der Waals surface area contributed by atoms with Gasteiger partial charge in [-0.3, -0.25) is 9.69 Å². The summed E-state index contributed by atoms with van der Waals surface area (Å²) in [4.78, 5) is 31.2. The van der Waals surface area contributed by atoms with Gasteiger partial charge < -0.3 is 19.5 Å². The average Bonchev–Trinajstić information content (AvgIpc) is 3.26. The number of hydrogen-bond donors (Lipinski definition) is 1. The molecule has 252 valence electrons. The lowest BCUT2D eigenvalue weighted by Crippen LogP contribution is -2.56. The van der Waals surface area contributed by atoms with Crippen molar-refractivity contribution in [1.29, 1.82) is 0 Å². The van der Waals surface area contributed by atoms with Crippen molar-refractivity contribution in [2.75, 3.05) is 25.1 Å². The molecule has 1 N–H and O–H groups in total. The maximum Gasteiger partial charge on any atom is 0.416 e. The number of ether oxygens (including phenoxy) is 2. The van der Waals surface area contributed by atoms with Gasteiger partial charge in [-0.2, -0.15) is 26.3 Å². The molecule has 2 atom stereocenters. The Balaban J connectivity index is 1.54. The van der Waals surface area contributed by atoms with Crippen molar-refractivity contribution in [3.05, 3.63) is 76.5 Å². The molecule has 1 amide bonds. The SMILES string of the molecule is COc1ccc(CCC(=O)O)cc1-c1ccc(N2CC(F)(F)C2)nc1CN1C(=O)OC(c2cc(C(F)(F)F)cc(C(F)(F)F)c2)[C@@H]1C. The van der Waals surface area contributed by atoms with Crippen molar-refractivity contribution in [2.45, 2.75) is 56.7 Å². The number of nitrogens with zero attached hydrogens (tertiary/aromatic N) is 3. The van der Waals surface area contributed by atoms with E-state index in [0.29, 0.717) is 34.6 Å². The van der Waals surface area contributed by atoms with Gasteiger partial charge in [-0.15, -0.1) is 0 Å². The van der Waals surface area contributed by atoms with Gasteiger partial charge >= 0.3 is 24.4 Å². The zero-order valence-corrected chi connectivity index (χ0v) is 24.8. The molecule has 16 heteroatoms. The topological polar surface area (TPSA) is 92.2 Å². The van der Waals surface area contributed by atoms with E-state index < -0.39 is 72.3 Å². The van der Waals surface area contributed by atoms with Crippen LogP contribution in [0.1, 0.15) is 47.4 Å². The Morgan fingerprint density at radius 2 is 1.64 bits per heavy atom. The third-order valence-electron chi connectivity index (χ3n) is 7.96. The molecule has 3 heterocycles. The predicted octanol–water partition coefficient (Wildman–Crippen LogP) is 7.35. The number of carboxylic acids is 1. The number of halogens is 8. The number of rotatable bonds is 9. The number of carboxylic acid groups (broad SMARTS) is 1. The van der Waals surface area contributed by atoms with Crippen molar-refractivity contribution in [1.82, 2.24) is 9.88 Å². The number of cyclic esters (lactones) is 1. The standard InChI is InChI=1S/C31H27F8N3O5/c1-16-27(18-10-19(30(34,35)36)12-20(11-18)31(37,38)39)47-28(45)42(16)13-23-21(5-7-25(40-23)41-14-29(32,33)15-41)22-9-17(4-8-26(43)44)3-6-24(22)46-2/h3,5-7,9-12,16,27H,4,8,13-15H2,1-2H3,(H,43,44)/t16-,27?/m0/s1. The van der Waals surface area contributed by atoms with Gasteiger partial charge in [0.1, 0.15) is 17.7 Å². The van der Waals surface area contributed by atoms with Crippen LogP contribution in [0.4, 0.5) is 45.7 Å². The average molecular weight is 674 g/mol. The number of amides is 1. The van der Waals surface area contributed by atoms with E-state index >= 15 is 0 Å². The predicted molar refractivity (Wildman–Crippen MR) is 150 cm³/mol. The van der Waals surface area contributed by atoms with Crippen molar-refractivity contribution >= 4 is 17.9 Å². The van der Waals surface area contributed by atoms with Gasteiger partial charge in [-0.25, -0.2) is 18.6 Å². The molecular weight excluding hydrogens is 646 g/mol. The van der Waals surface area contributed by atoms with Crippen LogP contribution in [-0.4, -0.2) is 59.2 Å². The second-order valence-electron chi connectivity index (χ2n) is 11.3. The van der Waals surface area contributed by atoms with E-state index in [2.05, 4.69) is 4.98 Å². The molecule has 3 aromatic rings. The first-order valence-electron chi connectivity index (χ1n) is 14.1. The third kappa shape index (κ3) is 7.20. The molecule has 1 unspecified atom stereocenters. The van der Waals surface area contributed by atoms with E-state index in [1.807, 2.05) is 0 Å². The van der Waals surface area contributed by atoms with Crippen LogP contribution in [0, 0.1) is 0 Å². The van der Waals surface area contributed by atoms with Crippen molar-refractivity contribution in [3.63, 3.8) is 0 Å². The second-order valence-corrected chi connectivity index (χ2v) is 11.3. The lowest BCUT2D eigenvalue weighted by molar-refractivity contribution is -0.143. The molecule has 2 aliphatic rings. The normalized spacial score (nSPS) is 19.4. The molecule has 0 spiro atoms. The highest BCUT2D eigenvalue weighted by molar-refractivity contribution is 5.76. The highest BCUT2D eigenvalue weighted by Crippen LogP contribution is 2.42. The molecular formula is C31H27F8N3O5. The number of benzene rings is 2. The zero-order valence-electron chi connectivity index (χ0n) is 24.8.